The molecule has 0 spiro atoms. The molecule has 15 heavy (non-hydrogen) atoms. The van der Waals surface area contributed by atoms with Gasteiger partial charge in [0.1, 0.15) is 0 Å². The summed E-state index contributed by atoms with van der Waals surface area (Å²) in [5, 5.41) is 13.8. The smallest absolute Gasteiger partial charge is 0.0766 e. The lowest BCUT2D eigenvalue weighted by atomic mass is 9.94. The van der Waals surface area contributed by atoms with Crippen molar-refractivity contribution in [1.82, 2.24) is 5.32 Å². The van der Waals surface area contributed by atoms with Crippen molar-refractivity contribution in [2.24, 2.45) is 11.8 Å². The molecule has 1 saturated carbocycles. The number of rotatable bonds is 7. The van der Waals surface area contributed by atoms with E-state index in [0.717, 1.165) is 25.3 Å². The Labute approximate surface area is 94.5 Å². The van der Waals surface area contributed by atoms with Crippen molar-refractivity contribution in [2.75, 3.05) is 6.54 Å². The first-order valence-electron chi connectivity index (χ1n) is 6.48. The Hall–Kier alpha value is -0.0800. The molecule has 2 heteroatoms. The Morgan fingerprint density at radius 1 is 1.27 bits per heavy atom. The lowest BCUT2D eigenvalue weighted by molar-refractivity contribution is 0.0275. The molecule has 1 fully saturated rings. The molecule has 90 valence electrons. The topological polar surface area (TPSA) is 32.3 Å². The fraction of sp³-hybridized carbons (Fsp3) is 1.00. The van der Waals surface area contributed by atoms with Gasteiger partial charge in [0.05, 0.1) is 5.60 Å². The summed E-state index contributed by atoms with van der Waals surface area (Å²) in [7, 11) is 0. The SMILES string of the molecule is CCC(O)(CC)CNC(C(C)C)C1CC1. The minimum absolute atomic E-state index is 0.498. The molecule has 1 rings (SSSR count). The lowest BCUT2D eigenvalue weighted by Crippen LogP contribution is -2.46. The van der Waals surface area contributed by atoms with E-state index in [1.54, 1.807) is 0 Å². The van der Waals surface area contributed by atoms with E-state index >= 15 is 0 Å². The molecule has 2 N–H and O–H groups in total. The van der Waals surface area contributed by atoms with E-state index in [9.17, 15) is 5.11 Å². The van der Waals surface area contributed by atoms with Gasteiger partial charge < -0.3 is 10.4 Å². The molecule has 1 aliphatic carbocycles. The van der Waals surface area contributed by atoms with Crippen molar-refractivity contribution in [3.05, 3.63) is 0 Å². The predicted molar refractivity (Wildman–Crippen MR) is 64.9 cm³/mol. The molecule has 0 bridgehead atoms. The number of aliphatic hydroxyl groups is 1. The van der Waals surface area contributed by atoms with Crippen molar-refractivity contribution in [2.45, 2.75) is 65.0 Å². The van der Waals surface area contributed by atoms with Gasteiger partial charge in [0.15, 0.2) is 0 Å². The molecule has 0 aliphatic heterocycles. The first-order chi connectivity index (χ1) is 7.02. The van der Waals surface area contributed by atoms with Crippen LogP contribution in [0.2, 0.25) is 0 Å². The molecule has 2 nitrogen and oxygen atoms in total. The first kappa shape index (κ1) is 13.0. The minimum atomic E-state index is -0.498. The number of hydrogen-bond donors (Lipinski definition) is 2. The summed E-state index contributed by atoms with van der Waals surface area (Å²) in [6.07, 6.45) is 4.41. The highest BCUT2D eigenvalue weighted by Crippen LogP contribution is 2.35. The number of hydrogen-bond acceptors (Lipinski definition) is 2. The molecular formula is C13H27NO. The van der Waals surface area contributed by atoms with Crippen molar-refractivity contribution < 1.29 is 5.11 Å². The molecule has 0 heterocycles. The van der Waals surface area contributed by atoms with Gasteiger partial charge in [-0.3, -0.25) is 0 Å². The maximum Gasteiger partial charge on any atom is 0.0766 e. The molecule has 0 saturated heterocycles. The van der Waals surface area contributed by atoms with Gasteiger partial charge in [0, 0.05) is 12.6 Å². The minimum Gasteiger partial charge on any atom is -0.389 e. The molecule has 0 amide bonds. The normalized spacial score (nSPS) is 19.6. The van der Waals surface area contributed by atoms with Crippen molar-refractivity contribution in [3.63, 3.8) is 0 Å². The third kappa shape index (κ3) is 3.76. The summed E-state index contributed by atoms with van der Waals surface area (Å²) < 4.78 is 0. The van der Waals surface area contributed by atoms with Gasteiger partial charge in [0.2, 0.25) is 0 Å². The van der Waals surface area contributed by atoms with Gasteiger partial charge in [-0.05, 0) is 37.5 Å². The van der Waals surface area contributed by atoms with E-state index in [-0.39, 0.29) is 0 Å². The molecule has 0 aromatic heterocycles. The second-order valence-corrected chi connectivity index (χ2v) is 5.42. The van der Waals surface area contributed by atoms with E-state index in [2.05, 4.69) is 33.0 Å². The van der Waals surface area contributed by atoms with E-state index < -0.39 is 5.60 Å². The Balaban J connectivity index is 2.38. The summed E-state index contributed by atoms with van der Waals surface area (Å²) in [5.74, 6) is 1.54. The molecular weight excluding hydrogens is 186 g/mol. The second-order valence-electron chi connectivity index (χ2n) is 5.42. The summed E-state index contributed by atoms with van der Waals surface area (Å²) in [6.45, 7) is 9.42. The van der Waals surface area contributed by atoms with Crippen LogP contribution >= 0.6 is 0 Å². The van der Waals surface area contributed by atoms with Crippen molar-refractivity contribution in [1.29, 1.82) is 0 Å². The number of nitrogens with one attached hydrogen (secondary N) is 1. The van der Waals surface area contributed by atoms with Crippen LogP contribution in [0.3, 0.4) is 0 Å². The molecule has 0 radical (unpaired) electrons. The highest BCUT2D eigenvalue weighted by atomic mass is 16.3. The van der Waals surface area contributed by atoms with Crippen LogP contribution in [0.15, 0.2) is 0 Å². The quantitative estimate of drug-likeness (QED) is 0.681. The zero-order valence-corrected chi connectivity index (χ0v) is 10.7. The molecule has 1 aliphatic rings. The maximum atomic E-state index is 10.2. The van der Waals surface area contributed by atoms with Crippen LogP contribution in [0.25, 0.3) is 0 Å². The predicted octanol–water partition coefficient (Wildman–Crippen LogP) is 2.56. The first-order valence-corrected chi connectivity index (χ1v) is 6.48. The fourth-order valence-electron chi connectivity index (χ4n) is 2.21. The van der Waals surface area contributed by atoms with Crippen LogP contribution < -0.4 is 5.32 Å². The van der Waals surface area contributed by atoms with E-state index in [0.29, 0.717) is 12.0 Å². The fourth-order valence-corrected chi connectivity index (χ4v) is 2.21. The molecule has 0 aromatic rings. The largest absolute Gasteiger partial charge is 0.389 e. The molecule has 1 atom stereocenters. The molecule has 1 unspecified atom stereocenters. The van der Waals surface area contributed by atoms with Gasteiger partial charge in [-0.1, -0.05) is 27.7 Å². The van der Waals surface area contributed by atoms with E-state index in [4.69, 9.17) is 0 Å². The van der Waals surface area contributed by atoms with Crippen molar-refractivity contribution in [3.8, 4) is 0 Å². The Bertz CT molecular complexity index is 181. The van der Waals surface area contributed by atoms with Crippen LogP contribution in [-0.2, 0) is 0 Å². The zero-order chi connectivity index (χ0) is 11.5. The van der Waals surface area contributed by atoms with Gasteiger partial charge >= 0.3 is 0 Å². The van der Waals surface area contributed by atoms with Gasteiger partial charge in [-0.15, -0.1) is 0 Å². The Kier molecular flexibility index (Phi) is 4.60. The Morgan fingerprint density at radius 3 is 2.13 bits per heavy atom. The van der Waals surface area contributed by atoms with E-state index in [1.165, 1.54) is 12.8 Å². The Morgan fingerprint density at radius 2 is 1.80 bits per heavy atom. The zero-order valence-electron chi connectivity index (χ0n) is 10.7. The summed E-state index contributed by atoms with van der Waals surface area (Å²) in [4.78, 5) is 0. The summed E-state index contributed by atoms with van der Waals surface area (Å²) >= 11 is 0. The lowest BCUT2D eigenvalue weighted by Gasteiger charge is -2.30. The van der Waals surface area contributed by atoms with Crippen molar-refractivity contribution >= 4 is 0 Å². The van der Waals surface area contributed by atoms with Gasteiger partial charge in [-0.25, -0.2) is 0 Å². The molecule has 0 aromatic carbocycles. The second kappa shape index (κ2) is 5.31. The summed E-state index contributed by atoms with van der Waals surface area (Å²) in [5.41, 5.74) is -0.498. The average Bonchev–Trinajstić information content (AvgIpc) is 3.01. The average molecular weight is 213 g/mol. The van der Waals surface area contributed by atoms with Gasteiger partial charge in [0.25, 0.3) is 0 Å². The standard InChI is InChI=1S/C13H27NO/c1-5-13(15,6-2)9-14-12(10(3)4)11-7-8-11/h10-12,14-15H,5-9H2,1-4H3. The maximum absolute atomic E-state index is 10.2. The van der Waals surface area contributed by atoms with Gasteiger partial charge in [-0.2, -0.15) is 0 Å². The summed E-state index contributed by atoms with van der Waals surface area (Å²) in [6, 6.07) is 0.606. The van der Waals surface area contributed by atoms with Crippen LogP contribution in [0.4, 0.5) is 0 Å². The van der Waals surface area contributed by atoms with Crippen LogP contribution in [0, 0.1) is 11.8 Å². The highest BCUT2D eigenvalue weighted by Gasteiger charge is 2.34. The van der Waals surface area contributed by atoms with Crippen LogP contribution in [-0.4, -0.2) is 23.3 Å². The third-order valence-electron chi connectivity index (χ3n) is 3.83. The highest BCUT2D eigenvalue weighted by molar-refractivity contribution is 4.90. The van der Waals surface area contributed by atoms with Crippen LogP contribution in [0.1, 0.15) is 53.4 Å². The van der Waals surface area contributed by atoms with E-state index in [1.807, 2.05) is 0 Å². The monoisotopic (exact) mass is 213 g/mol. The van der Waals surface area contributed by atoms with Crippen LogP contribution in [0.5, 0.6) is 0 Å². The third-order valence-corrected chi connectivity index (χ3v) is 3.83.